The quantitative estimate of drug-likeness (QED) is 0.799. The van der Waals surface area contributed by atoms with Crippen molar-refractivity contribution in [3.05, 3.63) is 50.1 Å². The van der Waals surface area contributed by atoms with Crippen LogP contribution in [0.15, 0.2) is 29.0 Å². The van der Waals surface area contributed by atoms with Crippen molar-refractivity contribution in [1.82, 2.24) is 5.32 Å². The van der Waals surface area contributed by atoms with E-state index in [2.05, 4.69) is 23.0 Å². The van der Waals surface area contributed by atoms with Gasteiger partial charge in [-0.3, -0.25) is 0 Å². The molecule has 2 rings (SSSR count). The zero-order valence-electron chi connectivity index (χ0n) is 11.6. The summed E-state index contributed by atoms with van der Waals surface area (Å²) >= 11 is 13.4. The number of rotatable bonds is 7. The summed E-state index contributed by atoms with van der Waals surface area (Å²) in [5.74, 6) is 0.595. The van der Waals surface area contributed by atoms with Gasteiger partial charge in [-0.1, -0.05) is 23.2 Å². The molecule has 3 nitrogen and oxygen atoms in total. The average molecular weight is 346 g/mol. The Kier molecular flexibility index (Phi) is 6.33. The molecule has 0 aliphatic heterocycles. The molecule has 21 heavy (non-hydrogen) atoms. The third-order valence-corrected chi connectivity index (χ3v) is 4.64. The number of ether oxygens (including phenoxy) is 1. The molecule has 2 aromatic rings. The van der Waals surface area contributed by atoms with Gasteiger partial charge in [-0.05, 0) is 40.9 Å². The van der Waals surface area contributed by atoms with Gasteiger partial charge in [-0.15, -0.1) is 0 Å². The first-order chi connectivity index (χ1) is 10.1. The number of halogens is 2. The van der Waals surface area contributed by atoms with Crippen molar-refractivity contribution in [2.45, 2.75) is 19.6 Å². The Balaban J connectivity index is 1.71. The zero-order chi connectivity index (χ0) is 15.2. The van der Waals surface area contributed by atoms with Crippen molar-refractivity contribution in [3.63, 3.8) is 0 Å². The summed E-state index contributed by atoms with van der Waals surface area (Å²) < 4.78 is 5.48. The summed E-state index contributed by atoms with van der Waals surface area (Å²) in [6, 6.07) is 5.03. The molecule has 0 bridgehead atoms. The van der Waals surface area contributed by atoms with Crippen LogP contribution in [0.4, 0.5) is 0 Å². The number of aliphatic hydroxyl groups is 1. The van der Waals surface area contributed by atoms with Crippen LogP contribution in [0, 0.1) is 6.92 Å². The number of benzene rings is 1. The molecule has 1 unspecified atom stereocenters. The van der Waals surface area contributed by atoms with Crippen LogP contribution in [0.5, 0.6) is 5.75 Å². The second-order valence-corrected chi connectivity index (χ2v) is 6.31. The van der Waals surface area contributed by atoms with E-state index in [1.165, 1.54) is 11.1 Å². The van der Waals surface area contributed by atoms with Crippen LogP contribution in [0.2, 0.25) is 10.0 Å². The first-order valence-electron chi connectivity index (χ1n) is 6.54. The Morgan fingerprint density at radius 1 is 1.29 bits per heavy atom. The number of nitrogens with one attached hydrogen (secondary N) is 1. The highest BCUT2D eigenvalue weighted by Gasteiger charge is 2.07. The van der Waals surface area contributed by atoms with Crippen LogP contribution in [0.3, 0.4) is 0 Å². The summed E-state index contributed by atoms with van der Waals surface area (Å²) in [5, 5.41) is 18.3. The molecule has 0 radical (unpaired) electrons. The van der Waals surface area contributed by atoms with Crippen molar-refractivity contribution in [1.29, 1.82) is 0 Å². The van der Waals surface area contributed by atoms with Gasteiger partial charge in [0, 0.05) is 19.2 Å². The topological polar surface area (TPSA) is 41.5 Å². The first-order valence-corrected chi connectivity index (χ1v) is 8.24. The molecule has 1 heterocycles. The third kappa shape index (κ3) is 5.16. The molecule has 0 spiro atoms. The van der Waals surface area contributed by atoms with Crippen LogP contribution in [0.1, 0.15) is 11.1 Å². The van der Waals surface area contributed by atoms with E-state index in [9.17, 15) is 5.11 Å². The molecule has 2 N–H and O–H groups in total. The molecule has 1 aromatic heterocycles. The van der Waals surface area contributed by atoms with Crippen molar-refractivity contribution in [3.8, 4) is 5.75 Å². The van der Waals surface area contributed by atoms with Crippen molar-refractivity contribution in [2.24, 2.45) is 0 Å². The van der Waals surface area contributed by atoms with Crippen LogP contribution in [-0.4, -0.2) is 24.4 Å². The molecule has 1 aromatic carbocycles. The van der Waals surface area contributed by atoms with Crippen molar-refractivity contribution >= 4 is 34.5 Å². The monoisotopic (exact) mass is 345 g/mol. The lowest BCUT2D eigenvalue weighted by molar-refractivity contribution is 0.106. The third-order valence-electron chi connectivity index (χ3n) is 2.99. The zero-order valence-corrected chi connectivity index (χ0v) is 13.9. The maximum absolute atomic E-state index is 9.89. The minimum absolute atomic E-state index is 0.202. The lowest BCUT2D eigenvalue weighted by Crippen LogP contribution is -2.31. The van der Waals surface area contributed by atoms with Gasteiger partial charge in [-0.25, -0.2) is 0 Å². The van der Waals surface area contributed by atoms with Gasteiger partial charge < -0.3 is 15.2 Å². The fourth-order valence-corrected chi connectivity index (χ4v) is 2.90. The number of aryl methyl sites for hydroxylation is 1. The number of hydrogen-bond acceptors (Lipinski definition) is 4. The molecular weight excluding hydrogens is 329 g/mol. The molecule has 0 saturated heterocycles. The summed E-state index contributed by atoms with van der Waals surface area (Å²) in [6.45, 7) is 3.50. The molecular formula is C15H17Cl2NO2S. The Morgan fingerprint density at radius 2 is 2.10 bits per heavy atom. The summed E-state index contributed by atoms with van der Waals surface area (Å²) in [5.41, 5.74) is 2.53. The van der Waals surface area contributed by atoms with E-state index in [4.69, 9.17) is 27.9 Å². The summed E-state index contributed by atoms with van der Waals surface area (Å²) in [6.07, 6.45) is -0.585. The van der Waals surface area contributed by atoms with Gasteiger partial charge >= 0.3 is 0 Å². The summed E-state index contributed by atoms with van der Waals surface area (Å²) in [7, 11) is 0. The van der Waals surface area contributed by atoms with E-state index in [0.29, 0.717) is 22.3 Å². The molecule has 0 aliphatic carbocycles. The molecule has 0 saturated carbocycles. The van der Waals surface area contributed by atoms with Gasteiger partial charge in [-0.2, -0.15) is 11.3 Å². The number of hydrogen-bond donors (Lipinski definition) is 2. The number of thiophene rings is 1. The van der Waals surface area contributed by atoms with Gasteiger partial charge in [0.1, 0.15) is 18.5 Å². The second-order valence-electron chi connectivity index (χ2n) is 4.75. The van der Waals surface area contributed by atoms with E-state index in [0.717, 1.165) is 6.54 Å². The van der Waals surface area contributed by atoms with Gasteiger partial charge in [0.25, 0.3) is 0 Å². The Labute approximate surface area is 138 Å². The predicted molar refractivity (Wildman–Crippen MR) is 88.7 cm³/mol. The average Bonchev–Trinajstić information content (AvgIpc) is 2.86. The van der Waals surface area contributed by atoms with E-state index >= 15 is 0 Å². The van der Waals surface area contributed by atoms with E-state index in [1.807, 2.05) is 0 Å². The van der Waals surface area contributed by atoms with Gasteiger partial charge in [0.05, 0.1) is 10.0 Å². The maximum Gasteiger partial charge on any atom is 0.121 e. The lowest BCUT2D eigenvalue weighted by atomic mass is 10.2. The molecule has 0 amide bonds. The van der Waals surface area contributed by atoms with Crippen LogP contribution in [-0.2, 0) is 6.54 Å². The fourth-order valence-electron chi connectivity index (χ4n) is 1.76. The second kappa shape index (κ2) is 8.01. The molecule has 1 atom stereocenters. The Bertz CT molecular complexity index is 589. The Hall–Kier alpha value is -0.780. The van der Waals surface area contributed by atoms with Crippen LogP contribution in [0.25, 0.3) is 0 Å². The predicted octanol–water partition coefficient (Wildman–Crippen LogP) is 3.89. The largest absolute Gasteiger partial charge is 0.491 e. The smallest absolute Gasteiger partial charge is 0.121 e. The fraction of sp³-hybridized carbons (Fsp3) is 0.333. The first kappa shape index (κ1) is 16.6. The van der Waals surface area contributed by atoms with Crippen LogP contribution < -0.4 is 10.1 Å². The van der Waals surface area contributed by atoms with Crippen molar-refractivity contribution in [2.75, 3.05) is 13.2 Å². The van der Waals surface area contributed by atoms with Crippen molar-refractivity contribution < 1.29 is 9.84 Å². The minimum Gasteiger partial charge on any atom is -0.491 e. The molecule has 0 fully saturated rings. The lowest BCUT2D eigenvalue weighted by Gasteiger charge is -2.13. The maximum atomic E-state index is 9.89. The Morgan fingerprint density at radius 3 is 2.76 bits per heavy atom. The molecule has 6 heteroatoms. The minimum atomic E-state index is -0.585. The highest BCUT2D eigenvalue weighted by molar-refractivity contribution is 7.08. The normalized spacial score (nSPS) is 12.4. The van der Waals surface area contributed by atoms with E-state index < -0.39 is 6.10 Å². The standard InChI is InChI=1S/C15H17Cl2NO2S/c1-10-8-21-9-11(10)5-18-6-12(19)7-20-13-2-3-14(16)15(17)4-13/h2-4,8-9,12,18-19H,5-7H2,1H3. The molecule has 0 aliphatic rings. The van der Waals surface area contributed by atoms with Gasteiger partial charge in [0.2, 0.25) is 0 Å². The van der Waals surface area contributed by atoms with E-state index in [-0.39, 0.29) is 6.61 Å². The number of aliphatic hydroxyl groups excluding tert-OH is 1. The molecule has 114 valence electrons. The SMILES string of the molecule is Cc1cscc1CNCC(O)COc1ccc(Cl)c(Cl)c1. The van der Waals surface area contributed by atoms with E-state index in [1.54, 1.807) is 29.5 Å². The van der Waals surface area contributed by atoms with Crippen LogP contribution >= 0.6 is 34.5 Å². The van der Waals surface area contributed by atoms with Gasteiger partial charge in [0.15, 0.2) is 0 Å². The summed E-state index contributed by atoms with van der Waals surface area (Å²) in [4.78, 5) is 0. The highest BCUT2D eigenvalue weighted by Crippen LogP contribution is 2.26. The highest BCUT2D eigenvalue weighted by atomic mass is 35.5.